The Bertz CT molecular complexity index is 619. The van der Waals surface area contributed by atoms with Crippen LogP contribution in [0.25, 0.3) is 0 Å². The van der Waals surface area contributed by atoms with Crippen LogP contribution in [-0.4, -0.2) is 31.0 Å². The lowest BCUT2D eigenvalue weighted by atomic mass is 10.1. The molecule has 0 radical (unpaired) electrons. The number of hydrogen-bond donors (Lipinski definition) is 1. The van der Waals surface area contributed by atoms with E-state index in [9.17, 15) is 0 Å². The highest BCUT2D eigenvalue weighted by molar-refractivity contribution is 5.48. The summed E-state index contributed by atoms with van der Waals surface area (Å²) < 4.78 is 7.12. The lowest BCUT2D eigenvalue weighted by Gasteiger charge is -2.15. The van der Waals surface area contributed by atoms with Crippen LogP contribution in [0.5, 0.6) is 0 Å². The zero-order chi connectivity index (χ0) is 16.1. The van der Waals surface area contributed by atoms with Gasteiger partial charge in [0.2, 0.25) is 0 Å². The highest BCUT2D eigenvalue weighted by Gasteiger charge is 2.14. The number of aryl methyl sites for hydroxylation is 2. The summed E-state index contributed by atoms with van der Waals surface area (Å²) in [5.41, 5.74) is 4.79. The fourth-order valence-electron chi connectivity index (χ4n) is 2.78. The van der Waals surface area contributed by atoms with Crippen LogP contribution >= 0.6 is 0 Å². The molecule has 0 aliphatic carbocycles. The van der Waals surface area contributed by atoms with Gasteiger partial charge in [0.25, 0.3) is 0 Å². The molecule has 2 rings (SSSR count). The van der Waals surface area contributed by atoms with E-state index < -0.39 is 0 Å². The maximum atomic E-state index is 5.18. The minimum Gasteiger partial charge on any atom is -0.380 e. The first-order chi connectivity index (χ1) is 10.5. The van der Waals surface area contributed by atoms with Gasteiger partial charge in [-0.2, -0.15) is 5.10 Å². The second-order valence-corrected chi connectivity index (χ2v) is 5.76. The van der Waals surface area contributed by atoms with E-state index in [1.165, 1.54) is 16.7 Å². The zero-order valence-corrected chi connectivity index (χ0v) is 14.2. The predicted octanol–water partition coefficient (Wildman–Crippen LogP) is 2.23. The van der Waals surface area contributed by atoms with Crippen LogP contribution in [-0.2, 0) is 31.5 Å². The molecule has 5 heteroatoms. The molecule has 1 aromatic heterocycles. The number of ether oxygens (including phenoxy) is 1. The Labute approximate surface area is 132 Å². The highest BCUT2D eigenvalue weighted by atomic mass is 16.5. The molecule has 0 bridgehead atoms. The van der Waals surface area contributed by atoms with Gasteiger partial charge >= 0.3 is 0 Å². The summed E-state index contributed by atoms with van der Waals surface area (Å²) in [5, 5.41) is 8.03. The normalized spacial score (nSPS) is 11.0. The van der Waals surface area contributed by atoms with Crippen molar-refractivity contribution in [3.05, 3.63) is 46.6 Å². The number of nitrogens with one attached hydrogen (secondary N) is 1. The van der Waals surface area contributed by atoms with Crippen LogP contribution in [0, 0.1) is 6.92 Å². The topological polar surface area (TPSA) is 42.3 Å². The molecule has 0 atom stereocenters. The molecular weight excluding hydrogens is 276 g/mol. The zero-order valence-electron chi connectivity index (χ0n) is 14.2. The van der Waals surface area contributed by atoms with Crippen LogP contribution in [0.1, 0.15) is 22.4 Å². The first kappa shape index (κ1) is 16.5. The Morgan fingerprint density at radius 2 is 1.95 bits per heavy atom. The minimum atomic E-state index is 0.653. The number of methoxy groups -OCH3 is 1. The Hall–Kier alpha value is -1.85. The average Bonchev–Trinajstić information content (AvgIpc) is 2.74. The van der Waals surface area contributed by atoms with Gasteiger partial charge in [-0.25, -0.2) is 0 Å². The van der Waals surface area contributed by atoms with Crippen LogP contribution in [0.3, 0.4) is 0 Å². The summed E-state index contributed by atoms with van der Waals surface area (Å²) in [6.07, 6.45) is 0. The molecule has 0 amide bonds. The molecular formula is C17H26N4O. The van der Waals surface area contributed by atoms with Gasteiger partial charge in [0.15, 0.2) is 0 Å². The predicted molar refractivity (Wildman–Crippen MR) is 90.0 cm³/mol. The highest BCUT2D eigenvalue weighted by Crippen LogP contribution is 2.21. The molecule has 0 unspecified atom stereocenters. The average molecular weight is 302 g/mol. The van der Waals surface area contributed by atoms with Crippen molar-refractivity contribution in [1.82, 2.24) is 15.1 Å². The number of anilines is 1. The Balaban J connectivity index is 2.01. The Kier molecular flexibility index (Phi) is 5.57. The van der Waals surface area contributed by atoms with Crippen molar-refractivity contribution in [1.29, 1.82) is 0 Å². The van der Waals surface area contributed by atoms with E-state index in [1.807, 2.05) is 25.8 Å². The van der Waals surface area contributed by atoms with Gasteiger partial charge in [-0.3, -0.25) is 4.68 Å². The molecule has 120 valence electrons. The van der Waals surface area contributed by atoms with Crippen molar-refractivity contribution in [3.8, 4) is 0 Å². The minimum absolute atomic E-state index is 0.653. The number of rotatable bonds is 7. The fourth-order valence-corrected chi connectivity index (χ4v) is 2.78. The molecule has 1 N–H and O–H groups in total. The summed E-state index contributed by atoms with van der Waals surface area (Å²) in [5.74, 6) is 1.15. The van der Waals surface area contributed by atoms with Crippen LogP contribution in [0.4, 0.5) is 5.82 Å². The van der Waals surface area contributed by atoms with Crippen molar-refractivity contribution in [2.45, 2.75) is 26.6 Å². The third-order valence-electron chi connectivity index (χ3n) is 3.67. The smallest absolute Gasteiger partial charge is 0.130 e. The molecule has 5 nitrogen and oxygen atoms in total. The maximum absolute atomic E-state index is 5.18. The van der Waals surface area contributed by atoms with Crippen LogP contribution in [0.15, 0.2) is 24.3 Å². The van der Waals surface area contributed by atoms with E-state index in [0.717, 1.165) is 24.6 Å². The molecule has 0 saturated carbocycles. The maximum Gasteiger partial charge on any atom is 0.130 e. The van der Waals surface area contributed by atoms with Gasteiger partial charge in [-0.1, -0.05) is 24.3 Å². The number of hydrogen-bond acceptors (Lipinski definition) is 4. The summed E-state index contributed by atoms with van der Waals surface area (Å²) in [7, 11) is 7.81. The van der Waals surface area contributed by atoms with Crippen LogP contribution in [0.2, 0.25) is 0 Å². The summed E-state index contributed by atoms with van der Waals surface area (Å²) in [6.45, 7) is 4.35. The fraction of sp³-hybridized carbons (Fsp3) is 0.471. The standard InChI is InChI=1S/C17H26N4O/c1-13-16(17(20(2)3)21(4)19-13)11-18-10-14-7-6-8-15(9-14)12-22-5/h6-9,18H,10-12H2,1-5H3. The van der Waals surface area contributed by atoms with E-state index in [1.54, 1.807) is 7.11 Å². The third-order valence-corrected chi connectivity index (χ3v) is 3.67. The van der Waals surface area contributed by atoms with Gasteiger partial charge in [0, 0.05) is 46.9 Å². The van der Waals surface area contributed by atoms with Gasteiger partial charge < -0.3 is 15.0 Å². The van der Waals surface area contributed by atoms with Crippen molar-refractivity contribution in [3.63, 3.8) is 0 Å². The second kappa shape index (κ2) is 7.42. The number of aromatic nitrogens is 2. The lowest BCUT2D eigenvalue weighted by molar-refractivity contribution is 0.185. The summed E-state index contributed by atoms with van der Waals surface area (Å²) >= 11 is 0. The number of nitrogens with zero attached hydrogens (tertiary/aromatic N) is 3. The molecule has 1 aromatic carbocycles. The van der Waals surface area contributed by atoms with E-state index in [4.69, 9.17) is 4.74 Å². The third kappa shape index (κ3) is 3.87. The van der Waals surface area contributed by atoms with Crippen molar-refractivity contribution in [2.24, 2.45) is 7.05 Å². The monoisotopic (exact) mass is 302 g/mol. The van der Waals surface area contributed by atoms with Crippen molar-refractivity contribution < 1.29 is 4.74 Å². The summed E-state index contributed by atoms with van der Waals surface area (Å²) in [4.78, 5) is 2.11. The molecule has 0 spiro atoms. The largest absolute Gasteiger partial charge is 0.380 e. The van der Waals surface area contributed by atoms with Gasteiger partial charge in [-0.15, -0.1) is 0 Å². The first-order valence-corrected chi connectivity index (χ1v) is 7.50. The first-order valence-electron chi connectivity index (χ1n) is 7.50. The molecule has 22 heavy (non-hydrogen) atoms. The Morgan fingerprint density at radius 1 is 1.23 bits per heavy atom. The SMILES string of the molecule is COCc1cccc(CNCc2c(C)nn(C)c2N(C)C)c1. The molecule has 0 aliphatic rings. The van der Waals surface area contributed by atoms with E-state index in [2.05, 4.69) is 46.5 Å². The molecule has 0 fully saturated rings. The second-order valence-electron chi connectivity index (χ2n) is 5.76. The van der Waals surface area contributed by atoms with E-state index in [0.29, 0.717) is 6.61 Å². The number of benzene rings is 1. The van der Waals surface area contributed by atoms with Crippen LogP contribution < -0.4 is 10.2 Å². The molecule has 2 aromatic rings. The van der Waals surface area contributed by atoms with Gasteiger partial charge in [0.05, 0.1) is 12.3 Å². The van der Waals surface area contributed by atoms with E-state index in [-0.39, 0.29) is 0 Å². The van der Waals surface area contributed by atoms with Gasteiger partial charge in [0.1, 0.15) is 5.82 Å². The molecule has 0 aliphatic heterocycles. The summed E-state index contributed by atoms with van der Waals surface area (Å²) in [6, 6.07) is 8.48. The Morgan fingerprint density at radius 3 is 2.64 bits per heavy atom. The van der Waals surface area contributed by atoms with Gasteiger partial charge in [-0.05, 0) is 18.1 Å². The molecule has 1 heterocycles. The van der Waals surface area contributed by atoms with Crippen molar-refractivity contribution >= 4 is 5.82 Å². The molecule has 0 saturated heterocycles. The van der Waals surface area contributed by atoms with Crippen molar-refractivity contribution in [2.75, 3.05) is 26.1 Å². The van der Waals surface area contributed by atoms with E-state index >= 15 is 0 Å². The quantitative estimate of drug-likeness (QED) is 0.852. The lowest BCUT2D eigenvalue weighted by Crippen LogP contribution is -2.19.